The van der Waals surface area contributed by atoms with Gasteiger partial charge in [-0.1, -0.05) is 54.2 Å². The number of ether oxygens (including phenoxy) is 1. The van der Waals surface area contributed by atoms with E-state index in [1.54, 1.807) is 40.9 Å². The van der Waals surface area contributed by atoms with Crippen molar-refractivity contribution in [2.24, 2.45) is 5.73 Å². The smallest absolute Gasteiger partial charge is 0.419 e. The van der Waals surface area contributed by atoms with Gasteiger partial charge in [0, 0.05) is 61.6 Å². The molecule has 13 heteroatoms. The zero-order valence-electron chi connectivity index (χ0n) is 30.4. The average molecular weight is 736 g/mol. The van der Waals surface area contributed by atoms with E-state index in [4.69, 9.17) is 10.5 Å². The molecule has 0 bridgehead atoms. The minimum Gasteiger partial charge on any atom is -0.444 e. The van der Waals surface area contributed by atoms with Crippen LogP contribution in [-0.2, 0) is 32.1 Å². The fraction of sp³-hybridized carbons (Fsp3) is 0.300. The Bertz CT molecular complexity index is 1910. The molecule has 1 fully saturated rings. The van der Waals surface area contributed by atoms with Crippen molar-refractivity contribution in [1.82, 2.24) is 10.2 Å². The summed E-state index contributed by atoms with van der Waals surface area (Å²) in [7, 11) is 7.93. The standard InChI is InChI=1S/C40H45N7O5S/c1-44(2)29-16-18-32-35(22-29)53-36-23-30(45(3)4)17-19-33(36)47(32)40(51)52-25-27-12-14-28(15-13-27)43-39(50)34-11-8-20-46(34)37(48)24-42-38(49)31(41)21-26-9-6-5-7-10-26/h5-7,9-10,12-19,22-23,31,34H,8,11,20-21,24-25,41H2,1-4H3,(H,42,49)(H,43,50)/t31-,34-/m0/s1. The van der Waals surface area contributed by atoms with Crippen molar-refractivity contribution in [3.8, 4) is 0 Å². The van der Waals surface area contributed by atoms with Crippen molar-refractivity contribution in [2.75, 3.05) is 61.3 Å². The van der Waals surface area contributed by atoms with Crippen LogP contribution in [-0.4, -0.2) is 82.1 Å². The molecule has 2 atom stereocenters. The molecule has 2 aliphatic heterocycles. The third-order valence-corrected chi connectivity index (χ3v) is 10.4. The fourth-order valence-electron chi connectivity index (χ4n) is 6.35. The molecule has 1 saturated heterocycles. The molecule has 4 aromatic carbocycles. The van der Waals surface area contributed by atoms with Crippen LogP contribution in [0.15, 0.2) is 101 Å². The van der Waals surface area contributed by atoms with Crippen molar-refractivity contribution in [1.29, 1.82) is 0 Å². The second-order valence-electron chi connectivity index (χ2n) is 13.5. The normalized spacial score (nSPS) is 15.2. The zero-order valence-corrected chi connectivity index (χ0v) is 31.2. The Morgan fingerprint density at radius 3 is 2.08 bits per heavy atom. The first-order valence-corrected chi connectivity index (χ1v) is 18.3. The fourth-order valence-corrected chi connectivity index (χ4v) is 7.48. The highest BCUT2D eigenvalue weighted by Crippen LogP contribution is 2.50. The van der Waals surface area contributed by atoms with Gasteiger partial charge in [-0.15, -0.1) is 0 Å². The van der Waals surface area contributed by atoms with Gasteiger partial charge in [0.15, 0.2) is 0 Å². The van der Waals surface area contributed by atoms with E-state index < -0.39 is 24.1 Å². The Kier molecular flexibility index (Phi) is 11.5. The van der Waals surface area contributed by atoms with Gasteiger partial charge in [0.2, 0.25) is 17.7 Å². The molecular weight excluding hydrogens is 691 g/mol. The monoisotopic (exact) mass is 735 g/mol. The van der Waals surface area contributed by atoms with Gasteiger partial charge in [-0.2, -0.15) is 0 Å². The van der Waals surface area contributed by atoms with Crippen LogP contribution < -0.4 is 31.1 Å². The number of hydrogen-bond acceptors (Lipinski definition) is 9. The number of fused-ring (bicyclic) bond motifs is 2. The molecule has 0 aromatic heterocycles. The predicted molar refractivity (Wildman–Crippen MR) is 209 cm³/mol. The first-order valence-electron chi connectivity index (χ1n) is 17.5. The highest BCUT2D eigenvalue weighted by Gasteiger charge is 2.34. The molecule has 2 heterocycles. The van der Waals surface area contributed by atoms with Gasteiger partial charge >= 0.3 is 6.09 Å². The zero-order chi connectivity index (χ0) is 37.6. The third-order valence-electron chi connectivity index (χ3n) is 9.31. The van der Waals surface area contributed by atoms with E-state index in [-0.39, 0.29) is 25.0 Å². The van der Waals surface area contributed by atoms with Crippen LogP contribution in [0, 0.1) is 0 Å². The molecule has 6 rings (SSSR count). The second-order valence-corrected chi connectivity index (χ2v) is 14.6. The molecule has 12 nitrogen and oxygen atoms in total. The first kappa shape index (κ1) is 37.2. The van der Waals surface area contributed by atoms with Crippen molar-refractivity contribution < 1.29 is 23.9 Å². The Hall–Kier alpha value is -5.53. The summed E-state index contributed by atoms with van der Waals surface area (Å²) in [5.74, 6) is -1.07. The minimum atomic E-state index is -0.792. The van der Waals surface area contributed by atoms with Gasteiger partial charge in [-0.3, -0.25) is 14.4 Å². The van der Waals surface area contributed by atoms with Crippen LogP contribution >= 0.6 is 11.8 Å². The van der Waals surface area contributed by atoms with E-state index in [1.807, 2.05) is 92.6 Å². The molecule has 276 valence electrons. The number of carbonyl (C=O) groups is 4. The molecule has 0 saturated carbocycles. The third kappa shape index (κ3) is 8.75. The van der Waals surface area contributed by atoms with E-state index in [0.717, 1.165) is 43.7 Å². The minimum absolute atomic E-state index is 0.0264. The van der Waals surface area contributed by atoms with Gasteiger partial charge in [-0.05, 0) is 78.9 Å². The van der Waals surface area contributed by atoms with Crippen molar-refractivity contribution in [3.63, 3.8) is 0 Å². The number of nitrogens with zero attached hydrogens (tertiary/aromatic N) is 4. The summed E-state index contributed by atoms with van der Waals surface area (Å²) in [6.45, 7) is 0.213. The van der Waals surface area contributed by atoms with E-state index in [1.165, 1.54) is 4.90 Å². The first-order chi connectivity index (χ1) is 25.5. The molecule has 0 unspecified atom stereocenters. The number of nitrogens with two attached hydrogens (primary N) is 1. The molecular formula is C40H45N7O5S. The molecule has 4 aromatic rings. The Morgan fingerprint density at radius 2 is 1.47 bits per heavy atom. The van der Waals surface area contributed by atoms with Crippen LogP contribution in [0.5, 0.6) is 0 Å². The molecule has 53 heavy (non-hydrogen) atoms. The van der Waals surface area contributed by atoms with Crippen molar-refractivity contribution in [2.45, 2.75) is 47.7 Å². The lowest BCUT2D eigenvalue weighted by atomic mass is 10.1. The number of carbonyl (C=O) groups excluding carboxylic acids is 4. The van der Waals surface area contributed by atoms with Crippen LogP contribution in [0.3, 0.4) is 0 Å². The number of likely N-dealkylation sites (tertiary alicyclic amines) is 1. The lowest BCUT2D eigenvalue weighted by Gasteiger charge is -2.32. The summed E-state index contributed by atoms with van der Waals surface area (Å²) < 4.78 is 5.85. The molecule has 2 aliphatic rings. The quantitative estimate of drug-likeness (QED) is 0.185. The maximum atomic E-state index is 13.7. The number of hydrogen-bond donors (Lipinski definition) is 3. The van der Waals surface area contributed by atoms with Crippen LogP contribution in [0.4, 0.5) is 33.2 Å². The van der Waals surface area contributed by atoms with Gasteiger partial charge in [0.1, 0.15) is 12.6 Å². The summed E-state index contributed by atoms with van der Waals surface area (Å²) >= 11 is 1.62. The number of benzene rings is 4. The molecule has 0 radical (unpaired) electrons. The van der Waals surface area contributed by atoms with Crippen molar-refractivity contribution >= 4 is 64.0 Å². The van der Waals surface area contributed by atoms with Crippen LogP contribution in [0.25, 0.3) is 0 Å². The molecule has 4 amide bonds. The Morgan fingerprint density at radius 1 is 0.849 bits per heavy atom. The number of amides is 4. The van der Waals surface area contributed by atoms with Crippen LogP contribution in [0.1, 0.15) is 24.0 Å². The summed E-state index contributed by atoms with van der Waals surface area (Å²) in [5, 5.41) is 5.53. The van der Waals surface area contributed by atoms with E-state index in [0.29, 0.717) is 31.5 Å². The molecule has 4 N–H and O–H groups in total. The highest BCUT2D eigenvalue weighted by atomic mass is 32.2. The summed E-state index contributed by atoms with van der Waals surface area (Å²) in [6, 6.07) is 27.0. The maximum absolute atomic E-state index is 13.7. The predicted octanol–water partition coefficient (Wildman–Crippen LogP) is 5.37. The van der Waals surface area contributed by atoms with Crippen molar-refractivity contribution in [3.05, 3.63) is 102 Å². The molecule has 0 aliphatic carbocycles. The SMILES string of the molecule is CN(C)c1ccc2c(c1)Sc1cc(N(C)C)ccc1N2C(=O)OCc1ccc(NC(=O)[C@@H]2CCCN2C(=O)CNC(=O)[C@@H](N)Cc2ccccc2)cc1. The summed E-state index contributed by atoms with van der Waals surface area (Å²) in [4.78, 5) is 61.7. The largest absolute Gasteiger partial charge is 0.444 e. The van der Waals surface area contributed by atoms with Crippen LogP contribution in [0.2, 0.25) is 0 Å². The van der Waals surface area contributed by atoms with E-state index in [2.05, 4.69) is 22.8 Å². The number of rotatable bonds is 11. The molecule has 0 spiro atoms. The van der Waals surface area contributed by atoms with E-state index >= 15 is 0 Å². The summed E-state index contributed by atoms with van der Waals surface area (Å²) in [5.41, 5.74) is 11.8. The van der Waals surface area contributed by atoms with Gasteiger partial charge in [0.05, 0.1) is 24.0 Å². The number of anilines is 5. The lowest BCUT2D eigenvalue weighted by Crippen LogP contribution is -2.49. The average Bonchev–Trinajstić information content (AvgIpc) is 3.66. The highest BCUT2D eigenvalue weighted by molar-refractivity contribution is 7.99. The second kappa shape index (κ2) is 16.4. The van der Waals surface area contributed by atoms with Gasteiger partial charge < -0.3 is 35.8 Å². The maximum Gasteiger partial charge on any atom is 0.419 e. The summed E-state index contributed by atoms with van der Waals surface area (Å²) in [6.07, 6.45) is 1.05. The Balaban J connectivity index is 1.04. The van der Waals surface area contributed by atoms with Gasteiger partial charge in [0.25, 0.3) is 0 Å². The van der Waals surface area contributed by atoms with Gasteiger partial charge in [-0.25, -0.2) is 9.69 Å². The number of nitrogens with one attached hydrogen (secondary N) is 2. The lowest BCUT2D eigenvalue weighted by molar-refractivity contribution is -0.137. The topological polar surface area (TPSA) is 141 Å². The van der Waals surface area contributed by atoms with E-state index in [9.17, 15) is 19.2 Å². The Labute approximate surface area is 314 Å².